The lowest BCUT2D eigenvalue weighted by Crippen LogP contribution is -2.58. The van der Waals surface area contributed by atoms with E-state index in [9.17, 15) is 4.79 Å². The van der Waals surface area contributed by atoms with Crippen LogP contribution in [0.1, 0.15) is 33.1 Å². The fourth-order valence-corrected chi connectivity index (χ4v) is 1.37. The van der Waals surface area contributed by atoms with E-state index in [2.05, 4.69) is 5.32 Å². The molecule has 1 amide bonds. The van der Waals surface area contributed by atoms with Crippen LogP contribution in [-0.4, -0.2) is 23.2 Å². The van der Waals surface area contributed by atoms with E-state index in [1.54, 1.807) is 13.8 Å². The number of rotatable bonds is 3. The van der Waals surface area contributed by atoms with Gasteiger partial charge in [-0.3, -0.25) is 4.79 Å². The first-order chi connectivity index (χ1) is 6.46. The highest BCUT2D eigenvalue weighted by atomic mass is 16.3. The van der Waals surface area contributed by atoms with Gasteiger partial charge in [-0.15, -0.1) is 0 Å². The van der Waals surface area contributed by atoms with Gasteiger partial charge in [-0.05, 0) is 33.1 Å². The summed E-state index contributed by atoms with van der Waals surface area (Å²) < 4.78 is 0. The van der Waals surface area contributed by atoms with Gasteiger partial charge in [0.05, 0.1) is 18.2 Å². The van der Waals surface area contributed by atoms with Gasteiger partial charge in [-0.1, -0.05) is 0 Å². The van der Waals surface area contributed by atoms with Gasteiger partial charge in [0.25, 0.3) is 0 Å². The molecule has 0 saturated heterocycles. The third-order valence-electron chi connectivity index (χ3n) is 2.84. The van der Waals surface area contributed by atoms with E-state index in [0.717, 1.165) is 19.3 Å². The van der Waals surface area contributed by atoms with Crippen LogP contribution in [-0.2, 0) is 4.79 Å². The van der Waals surface area contributed by atoms with E-state index in [4.69, 9.17) is 10.4 Å². The van der Waals surface area contributed by atoms with E-state index < -0.39 is 11.0 Å². The van der Waals surface area contributed by atoms with Crippen molar-refractivity contribution in [1.29, 1.82) is 5.26 Å². The normalized spacial score (nSPS) is 19.3. The van der Waals surface area contributed by atoms with Gasteiger partial charge < -0.3 is 10.4 Å². The molecule has 0 heterocycles. The predicted octanol–water partition coefficient (Wildman–Crippen LogP) is 0.567. The molecule has 0 spiro atoms. The van der Waals surface area contributed by atoms with Gasteiger partial charge in [0.2, 0.25) is 5.91 Å². The molecule has 2 N–H and O–H groups in total. The van der Waals surface area contributed by atoms with E-state index >= 15 is 0 Å². The quantitative estimate of drug-likeness (QED) is 0.693. The molecule has 0 radical (unpaired) electrons. The largest absolute Gasteiger partial charge is 0.394 e. The Morgan fingerprint density at radius 1 is 1.64 bits per heavy atom. The van der Waals surface area contributed by atoms with Crippen LogP contribution >= 0.6 is 0 Å². The molecule has 14 heavy (non-hydrogen) atoms. The van der Waals surface area contributed by atoms with Crippen LogP contribution in [0, 0.1) is 16.7 Å². The first kappa shape index (κ1) is 11.0. The van der Waals surface area contributed by atoms with Crippen LogP contribution in [0.4, 0.5) is 0 Å². The van der Waals surface area contributed by atoms with Crippen molar-refractivity contribution in [2.24, 2.45) is 5.41 Å². The molecule has 0 aromatic carbocycles. The maximum atomic E-state index is 11.6. The Hall–Kier alpha value is -1.08. The van der Waals surface area contributed by atoms with Gasteiger partial charge >= 0.3 is 0 Å². The van der Waals surface area contributed by atoms with Crippen LogP contribution in [0.15, 0.2) is 0 Å². The molecule has 1 fully saturated rings. The van der Waals surface area contributed by atoms with Crippen molar-refractivity contribution in [2.75, 3.05) is 6.61 Å². The summed E-state index contributed by atoms with van der Waals surface area (Å²) in [5.74, 6) is -0.297. The summed E-state index contributed by atoms with van der Waals surface area (Å²) in [6.45, 7) is 3.11. The summed E-state index contributed by atoms with van der Waals surface area (Å²) in [6.07, 6.45) is 2.63. The van der Waals surface area contributed by atoms with Gasteiger partial charge in [-0.2, -0.15) is 5.26 Å². The Bertz CT molecular complexity index is 269. The summed E-state index contributed by atoms with van der Waals surface area (Å²) in [5, 5.41) is 20.6. The van der Waals surface area contributed by atoms with E-state index in [0.29, 0.717) is 0 Å². The predicted molar refractivity (Wildman–Crippen MR) is 51.2 cm³/mol. The number of amides is 1. The van der Waals surface area contributed by atoms with Crippen LogP contribution in [0.25, 0.3) is 0 Å². The Morgan fingerprint density at radius 2 is 2.21 bits per heavy atom. The number of nitrogens with one attached hydrogen (secondary N) is 1. The minimum absolute atomic E-state index is 0.0414. The molecule has 4 nitrogen and oxygen atoms in total. The van der Waals surface area contributed by atoms with Gasteiger partial charge in [0, 0.05) is 0 Å². The standard InChI is InChI=1S/C10H16N2O2/c1-9(2,6-11)8(14)12-10(7-13)4-3-5-10/h13H,3-5,7H2,1-2H3,(H,12,14). The van der Waals surface area contributed by atoms with Crippen molar-refractivity contribution in [2.45, 2.75) is 38.6 Å². The minimum Gasteiger partial charge on any atom is -0.394 e. The Kier molecular flexibility index (Phi) is 2.81. The zero-order chi connectivity index (χ0) is 10.8. The van der Waals surface area contributed by atoms with Crippen LogP contribution < -0.4 is 5.32 Å². The first-order valence-corrected chi connectivity index (χ1v) is 4.80. The highest BCUT2D eigenvalue weighted by Crippen LogP contribution is 2.32. The maximum absolute atomic E-state index is 11.6. The third-order valence-corrected chi connectivity index (χ3v) is 2.84. The zero-order valence-corrected chi connectivity index (χ0v) is 8.63. The summed E-state index contributed by atoms with van der Waals surface area (Å²) in [7, 11) is 0. The summed E-state index contributed by atoms with van der Waals surface area (Å²) in [6, 6.07) is 1.94. The lowest BCUT2D eigenvalue weighted by molar-refractivity contribution is -0.130. The van der Waals surface area contributed by atoms with Gasteiger partial charge in [-0.25, -0.2) is 0 Å². The van der Waals surface area contributed by atoms with Crippen molar-refractivity contribution in [3.63, 3.8) is 0 Å². The van der Waals surface area contributed by atoms with Crippen molar-refractivity contribution in [3.05, 3.63) is 0 Å². The first-order valence-electron chi connectivity index (χ1n) is 4.80. The molecule has 0 bridgehead atoms. The smallest absolute Gasteiger partial charge is 0.240 e. The Labute approximate surface area is 83.9 Å². The van der Waals surface area contributed by atoms with Gasteiger partial charge in [0.1, 0.15) is 5.41 Å². The topological polar surface area (TPSA) is 73.1 Å². The number of hydrogen-bond acceptors (Lipinski definition) is 3. The lowest BCUT2D eigenvalue weighted by Gasteiger charge is -2.42. The molecular weight excluding hydrogens is 180 g/mol. The highest BCUT2D eigenvalue weighted by molar-refractivity contribution is 5.85. The molecule has 78 valence electrons. The number of aliphatic hydroxyl groups is 1. The third kappa shape index (κ3) is 1.88. The Balaban J connectivity index is 2.61. The number of carbonyl (C=O) groups is 1. The molecular formula is C10H16N2O2. The van der Waals surface area contributed by atoms with E-state index in [1.165, 1.54) is 0 Å². The summed E-state index contributed by atoms with van der Waals surface area (Å²) in [5.41, 5.74) is -1.47. The molecule has 0 aliphatic heterocycles. The van der Waals surface area contributed by atoms with Crippen LogP contribution in [0.3, 0.4) is 0 Å². The average molecular weight is 196 g/mol. The molecule has 0 atom stereocenters. The number of carbonyl (C=O) groups excluding carboxylic acids is 1. The number of nitriles is 1. The minimum atomic E-state index is -1.02. The van der Waals surface area contributed by atoms with Crippen molar-refractivity contribution in [3.8, 4) is 6.07 Å². The molecule has 1 aliphatic rings. The second-order valence-corrected chi connectivity index (χ2v) is 4.48. The molecule has 4 heteroatoms. The van der Waals surface area contributed by atoms with Crippen molar-refractivity contribution >= 4 is 5.91 Å². The molecule has 0 unspecified atom stereocenters. The van der Waals surface area contributed by atoms with Crippen LogP contribution in [0.2, 0.25) is 0 Å². The molecule has 0 aromatic heterocycles. The monoisotopic (exact) mass is 196 g/mol. The SMILES string of the molecule is CC(C)(C#N)C(=O)NC1(CO)CCC1. The van der Waals surface area contributed by atoms with Crippen molar-refractivity contribution < 1.29 is 9.90 Å². The molecule has 0 aromatic rings. The van der Waals surface area contributed by atoms with Crippen LogP contribution in [0.5, 0.6) is 0 Å². The molecule has 1 rings (SSSR count). The van der Waals surface area contributed by atoms with E-state index in [-0.39, 0.29) is 12.5 Å². The van der Waals surface area contributed by atoms with Gasteiger partial charge in [0.15, 0.2) is 0 Å². The highest BCUT2D eigenvalue weighted by Gasteiger charge is 2.41. The van der Waals surface area contributed by atoms with E-state index in [1.807, 2.05) is 6.07 Å². The zero-order valence-electron chi connectivity index (χ0n) is 8.63. The Morgan fingerprint density at radius 3 is 2.50 bits per heavy atom. The average Bonchev–Trinajstić information content (AvgIpc) is 2.10. The fourth-order valence-electron chi connectivity index (χ4n) is 1.37. The fraction of sp³-hybridized carbons (Fsp3) is 0.800. The lowest BCUT2D eigenvalue weighted by atomic mass is 9.76. The second-order valence-electron chi connectivity index (χ2n) is 4.48. The number of aliphatic hydroxyl groups excluding tert-OH is 1. The second kappa shape index (κ2) is 3.58. The maximum Gasteiger partial charge on any atom is 0.240 e. The number of hydrogen-bond donors (Lipinski definition) is 2. The molecule has 1 saturated carbocycles. The summed E-state index contributed by atoms with van der Waals surface area (Å²) in [4.78, 5) is 11.6. The number of nitrogens with zero attached hydrogens (tertiary/aromatic N) is 1. The molecule has 1 aliphatic carbocycles. The summed E-state index contributed by atoms with van der Waals surface area (Å²) >= 11 is 0. The van der Waals surface area contributed by atoms with Crippen molar-refractivity contribution in [1.82, 2.24) is 5.32 Å².